The second-order valence-corrected chi connectivity index (χ2v) is 5.35. The number of nitrogens with one attached hydrogen (secondary N) is 1. The first-order chi connectivity index (χ1) is 6.64. The van der Waals surface area contributed by atoms with Crippen molar-refractivity contribution in [2.24, 2.45) is 0 Å². The van der Waals surface area contributed by atoms with Crippen LogP contribution in [0.4, 0.5) is 0 Å². The van der Waals surface area contributed by atoms with E-state index in [1.54, 1.807) is 6.92 Å². The summed E-state index contributed by atoms with van der Waals surface area (Å²) in [5, 5.41) is 0. The summed E-state index contributed by atoms with van der Waals surface area (Å²) >= 11 is 0. The third-order valence-corrected chi connectivity index (χ3v) is 3.64. The number of ether oxygens (including phenoxy) is 1. The molecule has 6 heteroatoms. The minimum Gasteiger partial charge on any atom is -0.379 e. The number of morpholine rings is 1. The molecular weight excluding hydrogens is 204 g/mol. The molecule has 1 heterocycles. The van der Waals surface area contributed by atoms with Crippen molar-refractivity contribution in [2.45, 2.75) is 6.92 Å². The van der Waals surface area contributed by atoms with Crippen LogP contribution in [0.5, 0.6) is 0 Å². The van der Waals surface area contributed by atoms with Gasteiger partial charge in [-0.25, -0.2) is 13.1 Å². The van der Waals surface area contributed by atoms with Gasteiger partial charge in [-0.3, -0.25) is 4.90 Å². The van der Waals surface area contributed by atoms with Crippen molar-refractivity contribution in [2.75, 3.05) is 45.1 Å². The monoisotopic (exact) mass is 222 g/mol. The SMILES string of the molecule is CCS(=O)(=O)NCCN1CCOCC1. The van der Waals surface area contributed by atoms with Crippen LogP contribution in [-0.4, -0.2) is 58.5 Å². The molecule has 1 rings (SSSR count). The fourth-order valence-electron chi connectivity index (χ4n) is 1.29. The number of hydrogen-bond donors (Lipinski definition) is 1. The summed E-state index contributed by atoms with van der Waals surface area (Å²) in [6.45, 7) is 6.19. The van der Waals surface area contributed by atoms with Crippen LogP contribution in [0.25, 0.3) is 0 Å². The Morgan fingerprint density at radius 2 is 2.00 bits per heavy atom. The van der Waals surface area contributed by atoms with Gasteiger partial charge in [-0.05, 0) is 6.92 Å². The maximum atomic E-state index is 11.1. The molecule has 1 saturated heterocycles. The second-order valence-electron chi connectivity index (χ2n) is 3.25. The van der Waals surface area contributed by atoms with E-state index in [0.29, 0.717) is 6.54 Å². The van der Waals surface area contributed by atoms with Crippen LogP contribution >= 0.6 is 0 Å². The molecule has 14 heavy (non-hydrogen) atoms. The lowest BCUT2D eigenvalue weighted by molar-refractivity contribution is 0.0390. The Kier molecular flexibility index (Phi) is 4.80. The van der Waals surface area contributed by atoms with Crippen molar-refractivity contribution in [1.82, 2.24) is 9.62 Å². The molecule has 1 aliphatic heterocycles. The molecule has 5 nitrogen and oxygen atoms in total. The minimum atomic E-state index is -3.03. The highest BCUT2D eigenvalue weighted by atomic mass is 32.2. The van der Waals surface area contributed by atoms with E-state index in [1.807, 2.05) is 0 Å². The van der Waals surface area contributed by atoms with Crippen LogP contribution in [-0.2, 0) is 14.8 Å². The van der Waals surface area contributed by atoms with E-state index in [4.69, 9.17) is 4.74 Å². The standard InChI is InChI=1S/C8H18N2O3S/c1-2-14(11,12)9-3-4-10-5-7-13-8-6-10/h9H,2-8H2,1H3. The minimum absolute atomic E-state index is 0.149. The van der Waals surface area contributed by atoms with E-state index in [2.05, 4.69) is 9.62 Å². The van der Waals surface area contributed by atoms with Crippen molar-refractivity contribution in [3.8, 4) is 0 Å². The van der Waals surface area contributed by atoms with Gasteiger partial charge in [0.25, 0.3) is 0 Å². The Balaban J connectivity index is 2.14. The molecule has 0 radical (unpaired) electrons. The summed E-state index contributed by atoms with van der Waals surface area (Å²) in [4.78, 5) is 2.20. The first kappa shape index (κ1) is 11.9. The maximum Gasteiger partial charge on any atom is 0.211 e. The van der Waals surface area contributed by atoms with Gasteiger partial charge in [0.15, 0.2) is 0 Å². The molecule has 1 N–H and O–H groups in total. The summed E-state index contributed by atoms with van der Waals surface area (Å²) in [5.74, 6) is 0.149. The van der Waals surface area contributed by atoms with Gasteiger partial charge in [0, 0.05) is 26.2 Å². The van der Waals surface area contributed by atoms with Crippen LogP contribution < -0.4 is 4.72 Å². The summed E-state index contributed by atoms with van der Waals surface area (Å²) in [6.07, 6.45) is 0. The summed E-state index contributed by atoms with van der Waals surface area (Å²) in [7, 11) is -3.03. The zero-order valence-corrected chi connectivity index (χ0v) is 9.35. The van der Waals surface area contributed by atoms with Crippen molar-refractivity contribution < 1.29 is 13.2 Å². The van der Waals surface area contributed by atoms with E-state index in [-0.39, 0.29) is 5.75 Å². The lowest BCUT2D eigenvalue weighted by Crippen LogP contribution is -2.41. The largest absolute Gasteiger partial charge is 0.379 e. The highest BCUT2D eigenvalue weighted by Crippen LogP contribution is 1.95. The number of rotatable bonds is 5. The molecule has 0 aliphatic carbocycles. The molecule has 0 aromatic heterocycles. The van der Waals surface area contributed by atoms with Gasteiger partial charge in [0.1, 0.15) is 0 Å². The molecule has 0 aromatic rings. The third-order valence-electron chi connectivity index (χ3n) is 2.23. The molecule has 0 spiro atoms. The van der Waals surface area contributed by atoms with Gasteiger partial charge in [0.05, 0.1) is 19.0 Å². The molecule has 0 atom stereocenters. The van der Waals surface area contributed by atoms with Gasteiger partial charge in [-0.15, -0.1) is 0 Å². The Morgan fingerprint density at radius 1 is 1.36 bits per heavy atom. The van der Waals surface area contributed by atoms with Crippen LogP contribution in [0.2, 0.25) is 0 Å². The molecule has 0 amide bonds. The molecule has 0 aromatic carbocycles. The zero-order chi connectivity index (χ0) is 10.4. The lowest BCUT2D eigenvalue weighted by atomic mass is 10.4. The number of sulfonamides is 1. The van der Waals surface area contributed by atoms with Crippen molar-refractivity contribution in [3.63, 3.8) is 0 Å². The summed E-state index contributed by atoms with van der Waals surface area (Å²) in [6, 6.07) is 0. The zero-order valence-electron chi connectivity index (χ0n) is 8.53. The van der Waals surface area contributed by atoms with Gasteiger partial charge in [-0.2, -0.15) is 0 Å². The molecule has 1 fully saturated rings. The third kappa shape index (κ3) is 4.36. The molecule has 84 valence electrons. The molecule has 0 unspecified atom stereocenters. The van der Waals surface area contributed by atoms with Crippen LogP contribution in [0.15, 0.2) is 0 Å². The summed E-state index contributed by atoms with van der Waals surface area (Å²) in [5.41, 5.74) is 0. The van der Waals surface area contributed by atoms with Crippen LogP contribution in [0, 0.1) is 0 Å². The van der Waals surface area contributed by atoms with E-state index in [0.717, 1.165) is 32.8 Å². The van der Waals surface area contributed by atoms with Crippen molar-refractivity contribution in [1.29, 1.82) is 0 Å². The van der Waals surface area contributed by atoms with Crippen molar-refractivity contribution in [3.05, 3.63) is 0 Å². The van der Waals surface area contributed by atoms with E-state index in [1.165, 1.54) is 0 Å². The smallest absolute Gasteiger partial charge is 0.211 e. The van der Waals surface area contributed by atoms with E-state index >= 15 is 0 Å². The topological polar surface area (TPSA) is 58.6 Å². The van der Waals surface area contributed by atoms with Crippen LogP contribution in [0.3, 0.4) is 0 Å². The molecule has 1 aliphatic rings. The van der Waals surface area contributed by atoms with Gasteiger partial charge in [-0.1, -0.05) is 0 Å². The highest BCUT2D eigenvalue weighted by molar-refractivity contribution is 7.89. The Hall–Kier alpha value is -0.170. The number of hydrogen-bond acceptors (Lipinski definition) is 4. The predicted octanol–water partition coefficient (Wildman–Crippen LogP) is -0.742. The van der Waals surface area contributed by atoms with E-state index < -0.39 is 10.0 Å². The molecule has 0 saturated carbocycles. The lowest BCUT2D eigenvalue weighted by Gasteiger charge is -2.26. The van der Waals surface area contributed by atoms with E-state index in [9.17, 15) is 8.42 Å². The van der Waals surface area contributed by atoms with Gasteiger partial charge < -0.3 is 4.74 Å². The predicted molar refractivity (Wildman–Crippen MR) is 54.7 cm³/mol. The van der Waals surface area contributed by atoms with Gasteiger partial charge in [0.2, 0.25) is 10.0 Å². The maximum absolute atomic E-state index is 11.1. The normalized spacial score (nSPS) is 19.8. The fourth-order valence-corrected chi connectivity index (χ4v) is 1.89. The first-order valence-electron chi connectivity index (χ1n) is 4.91. The average Bonchev–Trinajstić information content (AvgIpc) is 2.19. The summed E-state index contributed by atoms with van der Waals surface area (Å²) < 4.78 is 29.9. The molecule has 0 bridgehead atoms. The second kappa shape index (κ2) is 5.65. The number of nitrogens with zero attached hydrogens (tertiary/aromatic N) is 1. The average molecular weight is 222 g/mol. The highest BCUT2D eigenvalue weighted by Gasteiger charge is 2.11. The fraction of sp³-hybridized carbons (Fsp3) is 1.00. The Bertz CT molecular complexity index is 247. The Labute approximate surface area is 85.5 Å². The first-order valence-corrected chi connectivity index (χ1v) is 6.57. The Morgan fingerprint density at radius 3 is 2.57 bits per heavy atom. The molecular formula is C8H18N2O3S. The van der Waals surface area contributed by atoms with Crippen LogP contribution in [0.1, 0.15) is 6.92 Å². The van der Waals surface area contributed by atoms with Crippen molar-refractivity contribution >= 4 is 10.0 Å². The quantitative estimate of drug-likeness (QED) is 0.665. The van der Waals surface area contributed by atoms with Gasteiger partial charge >= 0.3 is 0 Å².